The highest BCUT2D eigenvalue weighted by Gasteiger charge is 2.11. The molecule has 0 aliphatic heterocycles. The van der Waals surface area contributed by atoms with Crippen LogP contribution in [0.5, 0.6) is 0 Å². The standard InChI is InChI=1S/C11H11FO/c1-13-11-5-3-8-6-10(12)4-2-9(8)7-11/h2,4-6H,3,7H2,1H3. The van der Waals surface area contributed by atoms with Gasteiger partial charge in [-0.1, -0.05) is 6.07 Å². The first-order valence-corrected chi connectivity index (χ1v) is 4.30. The van der Waals surface area contributed by atoms with Gasteiger partial charge in [-0.25, -0.2) is 4.39 Å². The van der Waals surface area contributed by atoms with E-state index in [2.05, 4.69) is 0 Å². The van der Waals surface area contributed by atoms with Crippen molar-refractivity contribution >= 4 is 0 Å². The molecule has 1 nitrogen and oxygen atoms in total. The summed E-state index contributed by atoms with van der Waals surface area (Å²) in [6.07, 6.45) is 3.56. The van der Waals surface area contributed by atoms with E-state index in [1.807, 2.05) is 12.1 Å². The molecule has 0 amide bonds. The van der Waals surface area contributed by atoms with E-state index in [1.165, 1.54) is 11.6 Å². The van der Waals surface area contributed by atoms with Crippen LogP contribution in [0, 0.1) is 5.82 Å². The first-order chi connectivity index (χ1) is 6.29. The van der Waals surface area contributed by atoms with Gasteiger partial charge in [0, 0.05) is 6.42 Å². The SMILES string of the molecule is COC1=CCc2cc(F)ccc2C1. The zero-order chi connectivity index (χ0) is 9.26. The largest absolute Gasteiger partial charge is 0.501 e. The lowest BCUT2D eigenvalue weighted by Gasteiger charge is -2.15. The maximum Gasteiger partial charge on any atom is 0.123 e. The van der Waals surface area contributed by atoms with E-state index in [1.54, 1.807) is 13.2 Å². The Morgan fingerprint density at radius 2 is 2.15 bits per heavy atom. The zero-order valence-electron chi connectivity index (χ0n) is 7.51. The fourth-order valence-electron chi connectivity index (χ4n) is 1.60. The van der Waals surface area contributed by atoms with E-state index in [9.17, 15) is 4.39 Å². The monoisotopic (exact) mass is 178 g/mol. The molecule has 0 spiro atoms. The van der Waals surface area contributed by atoms with E-state index in [0.29, 0.717) is 0 Å². The van der Waals surface area contributed by atoms with Crippen molar-refractivity contribution in [3.8, 4) is 0 Å². The summed E-state index contributed by atoms with van der Waals surface area (Å²) in [6.45, 7) is 0. The Balaban J connectivity index is 2.33. The van der Waals surface area contributed by atoms with Gasteiger partial charge in [0.25, 0.3) is 0 Å². The maximum absolute atomic E-state index is 12.8. The topological polar surface area (TPSA) is 9.23 Å². The molecule has 0 atom stereocenters. The summed E-state index contributed by atoms with van der Waals surface area (Å²) < 4.78 is 18.0. The lowest BCUT2D eigenvalue weighted by Crippen LogP contribution is -2.04. The van der Waals surface area contributed by atoms with Gasteiger partial charge in [0.15, 0.2) is 0 Å². The Morgan fingerprint density at radius 1 is 1.31 bits per heavy atom. The molecule has 1 aliphatic carbocycles. The number of hydrogen-bond donors (Lipinski definition) is 0. The van der Waals surface area contributed by atoms with Gasteiger partial charge in [0.05, 0.1) is 12.9 Å². The fraction of sp³-hybridized carbons (Fsp3) is 0.273. The molecule has 0 saturated carbocycles. The van der Waals surface area contributed by atoms with Crippen LogP contribution < -0.4 is 0 Å². The zero-order valence-corrected chi connectivity index (χ0v) is 7.51. The molecule has 1 aromatic rings. The quantitative estimate of drug-likeness (QED) is 0.641. The molecule has 2 heteroatoms. The molecular formula is C11H11FO. The minimum absolute atomic E-state index is 0.159. The number of benzene rings is 1. The lowest BCUT2D eigenvalue weighted by molar-refractivity contribution is 0.280. The summed E-state index contributed by atoms with van der Waals surface area (Å²) in [5.41, 5.74) is 2.24. The maximum atomic E-state index is 12.8. The van der Waals surface area contributed by atoms with Crippen molar-refractivity contribution in [2.45, 2.75) is 12.8 Å². The van der Waals surface area contributed by atoms with E-state index in [4.69, 9.17) is 4.74 Å². The first kappa shape index (κ1) is 8.30. The molecule has 2 rings (SSSR count). The summed E-state index contributed by atoms with van der Waals surface area (Å²) in [7, 11) is 1.67. The average Bonchev–Trinajstić information content (AvgIpc) is 2.17. The van der Waals surface area contributed by atoms with Gasteiger partial charge in [-0.15, -0.1) is 0 Å². The van der Waals surface area contributed by atoms with Crippen LogP contribution in [0.25, 0.3) is 0 Å². The van der Waals surface area contributed by atoms with Crippen molar-refractivity contribution in [3.63, 3.8) is 0 Å². The van der Waals surface area contributed by atoms with Gasteiger partial charge in [-0.05, 0) is 35.8 Å². The van der Waals surface area contributed by atoms with Gasteiger partial charge < -0.3 is 4.74 Å². The molecule has 1 aromatic carbocycles. The first-order valence-electron chi connectivity index (χ1n) is 4.30. The Kier molecular flexibility index (Phi) is 2.05. The van der Waals surface area contributed by atoms with Gasteiger partial charge in [-0.2, -0.15) is 0 Å². The molecule has 0 fully saturated rings. The van der Waals surface area contributed by atoms with Crippen LogP contribution in [0.1, 0.15) is 11.1 Å². The summed E-state index contributed by atoms with van der Waals surface area (Å²) in [6, 6.07) is 4.92. The molecule has 0 N–H and O–H groups in total. The highest BCUT2D eigenvalue weighted by Crippen LogP contribution is 2.21. The molecule has 0 unspecified atom stereocenters. The van der Waals surface area contributed by atoms with E-state index in [0.717, 1.165) is 24.2 Å². The summed E-state index contributed by atoms with van der Waals surface area (Å²) >= 11 is 0. The molecule has 1 aliphatic rings. The third-order valence-corrected chi connectivity index (χ3v) is 2.34. The summed E-state index contributed by atoms with van der Waals surface area (Å²) in [5.74, 6) is 0.812. The number of ether oxygens (including phenoxy) is 1. The number of halogens is 1. The van der Waals surface area contributed by atoms with Crippen molar-refractivity contribution < 1.29 is 9.13 Å². The predicted molar refractivity (Wildman–Crippen MR) is 48.9 cm³/mol. The Morgan fingerprint density at radius 3 is 2.92 bits per heavy atom. The second-order valence-corrected chi connectivity index (χ2v) is 3.17. The molecule has 0 saturated heterocycles. The van der Waals surface area contributed by atoms with Gasteiger partial charge in [0.1, 0.15) is 5.82 Å². The Bertz CT molecular complexity index is 355. The van der Waals surface area contributed by atoms with Crippen LogP contribution in [-0.2, 0) is 17.6 Å². The highest BCUT2D eigenvalue weighted by molar-refractivity contribution is 5.35. The van der Waals surface area contributed by atoms with Crippen LogP contribution in [0.4, 0.5) is 4.39 Å². The van der Waals surface area contributed by atoms with Crippen molar-refractivity contribution in [1.82, 2.24) is 0 Å². The van der Waals surface area contributed by atoms with Crippen molar-refractivity contribution in [2.24, 2.45) is 0 Å². The molecular weight excluding hydrogens is 167 g/mol. The number of methoxy groups -OCH3 is 1. The second kappa shape index (κ2) is 3.21. The summed E-state index contributed by atoms with van der Waals surface area (Å²) in [4.78, 5) is 0. The highest BCUT2D eigenvalue weighted by atomic mass is 19.1. The van der Waals surface area contributed by atoms with Crippen molar-refractivity contribution in [1.29, 1.82) is 0 Å². The smallest absolute Gasteiger partial charge is 0.123 e. The van der Waals surface area contributed by atoms with Crippen molar-refractivity contribution in [2.75, 3.05) is 7.11 Å². The van der Waals surface area contributed by atoms with Gasteiger partial charge >= 0.3 is 0 Å². The predicted octanol–water partition coefficient (Wildman–Crippen LogP) is 2.45. The third kappa shape index (κ3) is 1.57. The fourth-order valence-corrected chi connectivity index (χ4v) is 1.60. The van der Waals surface area contributed by atoms with Gasteiger partial charge in [-0.3, -0.25) is 0 Å². The normalized spacial score (nSPS) is 14.8. The van der Waals surface area contributed by atoms with Crippen LogP contribution in [-0.4, -0.2) is 7.11 Å². The average molecular weight is 178 g/mol. The molecule has 68 valence electrons. The van der Waals surface area contributed by atoms with Crippen LogP contribution in [0.3, 0.4) is 0 Å². The van der Waals surface area contributed by atoms with E-state index >= 15 is 0 Å². The number of fused-ring (bicyclic) bond motifs is 1. The lowest BCUT2D eigenvalue weighted by atomic mass is 9.96. The van der Waals surface area contributed by atoms with Gasteiger partial charge in [0.2, 0.25) is 0 Å². The van der Waals surface area contributed by atoms with Crippen LogP contribution in [0.15, 0.2) is 30.0 Å². The van der Waals surface area contributed by atoms with Crippen molar-refractivity contribution in [3.05, 3.63) is 47.0 Å². The van der Waals surface area contributed by atoms with Crippen LogP contribution in [0.2, 0.25) is 0 Å². The minimum atomic E-state index is -0.159. The van der Waals surface area contributed by atoms with E-state index in [-0.39, 0.29) is 5.82 Å². The molecule has 0 bridgehead atoms. The van der Waals surface area contributed by atoms with E-state index < -0.39 is 0 Å². The Hall–Kier alpha value is -1.31. The number of hydrogen-bond acceptors (Lipinski definition) is 1. The number of allylic oxidation sites excluding steroid dienone is 2. The molecule has 0 heterocycles. The third-order valence-electron chi connectivity index (χ3n) is 2.34. The number of rotatable bonds is 1. The molecule has 0 radical (unpaired) electrons. The minimum Gasteiger partial charge on any atom is -0.501 e. The second-order valence-electron chi connectivity index (χ2n) is 3.17. The summed E-state index contributed by atoms with van der Waals surface area (Å²) in [5, 5.41) is 0. The van der Waals surface area contributed by atoms with Crippen LogP contribution >= 0.6 is 0 Å². The molecule has 13 heavy (non-hydrogen) atoms. The Labute approximate surface area is 76.8 Å². The molecule has 0 aromatic heterocycles.